The summed E-state index contributed by atoms with van der Waals surface area (Å²) in [5.74, 6) is 0.109. The molecule has 1 aromatic carbocycles. The Balaban J connectivity index is 1.40. The molecule has 3 aromatic heterocycles. The second kappa shape index (κ2) is 10.2. The number of pyridine rings is 2. The molecule has 3 heterocycles. The summed E-state index contributed by atoms with van der Waals surface area (Å²) in [6, 6.07) is 12.0. The molecule has 1 fully saturated rings. The van der Waals surface area contributed by atoms with E-state index in [1.807, 2.05) is 0 Å². The van der Waals surface area contributed by atoms with E-state index in [4.69, 9.17) is 16.3 Å². The summed E-state index contributed by atoms with van der Waals surface area (Å²) in [6.07, 6.45) is 3.50. The Labute approximate surface area is 220 Å². The first-order valence-electron chi connectivity index (χ1n) is 11.5. The maximum absolute atomic E-state index is 13.4. The topological polar surface area (TPSA) is 131 Å². The van der Waals surface area contributed by atoms with Crippen molar-refractivity contribution in [3.8, 4) is 11.8 Å². The van der Waals surface area contributed by atoms with Crippen molar-refractivity contribution in [2.45, 2.75) is 42.1 Å². The van der Waals surface area contributed by atoms with Crippen LogP contribution in [0, 0.1) is 18.3 Å². The van der Waals surface area contributed by atoms with Gasteiger partial charge in [-0.3, -0.25) is 14.3 Å². The number of halogens is 1. The number of ether oxygens (including phenoxy) is 1. The molecule has 1 aliphatic rings. The van der Waals surface area contributed by atoms with Crippen molar-refractivity contribution >= 4 is 40.2 Å². The van der Waals surface area contributed by atoms with Crippen molar-refractivity contribution < 1.29 is 14.6 Å². The van der Waals surface area contributed by atoms with Crippen molar-refractivity contribution in [3.63, 3.8) is 0 Å². The van der Waals surface area contributed by atoms with Crippen LogP contribution in [0.15, 0.2) is 57.3 Å². The first kappa shape index (κ1) is 24.7. The number of hydrogen-bond donors (Lipinski definition) is 1. The van der Waals surface area contributed by atoms with E-state index >= 15 is 0 Å². The van der Waals surface area contributed by atoms with Gasteiger partial charge in [0.15, 0.2) is 0 Å². The standard InChI is InChI=1S/C26H20ClN5O4S/c1-14-30-19-13-29-24(15-5-6-15)17(12-28)23(19)25(33)32(14)9-10-36-20-8-7-16(27)11-21(20)37-22-4-2-3-18(31-22)26(34)35/h2-4,7-8,11,13,15H,5-6,9-10H2,1H3,(H,34,35). The number of nitrogens with zero attached hydrogens (tertiary/aromatic N) is 5. The van der Waals surface area contributed by atoms with Gasteiger partial charge in [-0.15, -0.1) is 0 Å². The van der Waals surface area contributed by atoms with Crippen LogP contribution in [0.25, 0.3) is 10.9 Å². The highest BCUT2D eigenvalue weighted by molar-refractivity contribution is 7.99. The number of carboxylic acids is 1. The monoisotopic (exact) mass is 533 g/mol. The van der Waals surface area contributed by atoms with Crippen LogP contribution >= 0.6 is 23.4 Å². The lowest BCUT2D eigenvalue weighted by Crippen LogP contribution is -2.27. The van der Waals surface area contributed by atoms with Gasteiger partial charge < -0.3 is 9.84 Å². The highest BCUT2D eigenvalue weighted by atomic mass is 35.5. The van der Waals surface area contributed by atoms with E-state index in [1.165, 1.54) is 22.4 Å². The van der Waals surface area contributed by atoms with Crippen LogP contribution < -0.4 is 10.3 Å². The lowest BCUT2D eigenvalue weighted by Gasteiger charge is -2.15. The summed E-state index contributed by atoms with van der Waals surface area (Å²) in [6.45, 7) is 2.08. The molecule has 1 saturated carbocycles. The number of carboxylic acid groups (broad SMARTS) is 1. The van der Waals surface area contributed by atoms with Crippen molar-refractivity contribution in [1.82, 2.24) is 19.5 Å². The molecule has 186 valence electrons. The van der Waals surface area contributed by atoms with Crippen molar-refractivity contribution in [2.24, 2.45) is 0 Å². The van der Waals surface area contributed by atoms with Crippen molar-refractivity contribution in [2.75, 3.05) is 6.61 Å². The Morgan fingerprint density at radius 2 is 2.11 bits per heavy atom. The Morgan fingerprint density at radius 1 is 1.30 bits per heavy atom. The molecule has 0 saturated heterocycles. The molecule has 0 radical (unpaired) electrons. The number of aromatic carboxylic acids is 1. The average molecular weight is 534 g/mol. The summed E-state index contributed by atoms with van der Waals surface area (Å²) in [5, 5.41) is 20.2. The number of carbonyl (C=O) groups is 1. The van der Waals surface area contributed by atoms with Gasteiger partial charge in [0, 0.05) is 10.9 Å². The third-order valence-corrected chi connectivity index (χ3v) is 7.14. The number of fused-ring (bicyclic) bond motifs is 1. The van der Waals surface area contributed by atoms with Gasteiger partial charge in [0.25, 0.3) is 5.56 Å². The second-order valence-electron chi connectivity index (χ2n) is 8.49. The summed E-state index contributed by atoms with van der Waals surface area (Å²) < 4.78 is 7.51. The van der Waals surface area contributed by atoms with E-state index in [0.717, 1.165) is 12.8 Å². The fourth-order valence-electron chi connectivity index (χ4n) is 4.01. The zero-order valence-corrected chi connectivity index (χ0v) is 21.2. The van der Waals surface area contributed by atoms with Crippen LogP contribution in [0.3, 0.4) is 0 Å². The number of aromatic nitrogens is 4. The molecule has 1 aliphatic carbocycles. The number of hydrogen-bond acceptors (Lipinski definition) is 8. The first-order chi connectivity index (χ1) is 17.9. The highest BCUT2D eigenvalue weighted by Gasteiger charge is 2.30. The van der Waals surface area contributed by atoms with Gasteiger partial charge in [0.2, 0.25) is 0 Å². The number of aryl methyl sites for hydroxylation is 1. The molecule has 0 bridgehead atoms. The van der Waals surface area contributed by atoms with Gasteiger partial charge in [-0.2, -0.15) is 5.26 Å². The molecule has 0 aliphatic heterocycles. The third kappa shape index (κ3) is 5.14. The molecule has 0 amide bonds. The molecular formula is C26H20ClN5O4S. The predicted molar refractivity (Wildman–Crippen MR) is 137 cm³/mol. The van der Waals surface area contributed by atoms with E-state index in [0.29, 0.717) is 43.3 Å². The van der Waals surface area contributed by atoms with Gasteiger partial charge in [0.05, 0.1) is 39.8 Å². The normalized spacial score (nSPS) is 12.9. The smallest absolute Gasteiger partial charge is 0.354 e. The van der Waals surface area contributed by atoms with E-state index < -0.39 is 5.97 Å². The quantitative estimate of drug-likeness (QED) is 0.338. The van der Waals surface area contributed by atoms with Crippen LogP contribution in [0.1, 0.15) is 46.3 Å². The highest BCUT2D eigenvalue weighted by Crippen LogP contribution is 2.41. The SMILES string of the molecule is Cc1nc2cnc(C3CC3)c(C#N)c2c(=O)n1CCOc1ccc(Cl)cc1Sc1cccc(C(=O)O)n1. The van der Waals surface area contributed by atoms with Gasteiger partial charge in [-0.1, -0.05) is 29.4 Å². The van der Waals surface area contributed by atoms with E-state index in [1.54, 1.807) is 43.5 Å². The molecule has 11 heteroatoms. The van der Waals surface area contributed by atoms with Crippen LogP contribution in [-0.2, 0) is 6.54 Å². The van der Waals surface area contributed by atoms with Gasteiger partial charge in [-0.25, -0.2) is 14.8 Å². The van der Waals surface area contributed by atoms with E-state index in [2.05, 4.69) is 21.0 Å². The minimum Gasteiger partial charge on any atom is -0.491 e. The lowest BCUT2D eigenvalue weighted by molar-refractivity contribution is 0.0689. The van der Waals surface area contributed by atoms with Crippen molar-refractivity contribution in [3.05, 3.63) is 80.7 Å². The molecule has 0 unspecified atom stereocenters. The maximum Gasteiger partial charge on any atom is 0.354 e. The number of nitriles is 1. The lowest BCUT2D eigenvalue weighted by atomic mass is 10.1. The second-order valence-corrected chi connectivity index (χ2v) is 9.99. The average Bonchev–Trinajstić information content (AvgIpc) is 3.72. The molecule has 37 heavy (non-hydrogen) atoms. The first-order valence-corrected chi connectivity index (χ1v) is 12.7. The minimum absolute atomic E-state index is 0.0649. The molecule has 5 rings (SSSR count). The molecule has 9 nitrogen and oxygen atoms in total. The Kier molecular flexibility index (Phi) is 6.82. The fraction of sp³-hybridized carbons (Fsp3) is 0.231. The van der Waals surface area contributed by atoms with E-state index in [9.17, 15) is 20.0 Å². The Bertz CT molecular complexity index is 1650. The van der Waals surface area contributed by atoms with Crippen LogP contribution in [0.5, 0.6) is 5.75 Å². The van der Waals surface area contributed by atoms with Crippen molar-refractivity contribution in [1.29, 1.82) is 5.26 Å². The van der Waals surface area contributed by atoms with E-state index in [-0.39, 0.29) is 35.7 Å². The summed E-state index contributed by atoms with van der Waals surface area (Å²) in [5.41, 5.74) is 1.02. The zero-order chi connectivity index (χ0) is 26.1. The maximum atomic E-state index is 13.4. The fourth-order valence-corrected chi connectivity index (χ4v) is 5.17. The number of rotatable bonds is 8. The van der Waals surface area contributed by atoms with Crippen LogP contribution in [0.2, 0.25) is 5.02 Å². The summed E-state index contributed by atoms with van der Waals surface area (Å²) in [4.78, 5) is 38.4. The van der Waals surface area contributed by atoms with Crippen LogP contribution in [-0.4, -0.2) is 37.2 Å². The minimum atomic E-state index is -1.12. The molecule has 0 atom stereocenters. The Hall–Kier alpha value is -3.94. The Morgan fingerprint density at radius 3 is 2.84 bits per heavy atom. The van der Waals surface area contributed by atoms with Gasteiger partial charge in [0.1, 0.15) is 35.0 Å². The predicted octanol–water partition coefficient (Wildman–Crippen LogP) is 4.83. The summed E-state index contributed by atoms with van der Waals surface area (Å²) >= 11 is 7.41. The molecule has 4 aromatic rings. The largest absolute Gasteiger partial charge is 0.491 e. The zero-order valence-electron chi connectivity index (χ0n) is 19.6. The number of benzene rings is 1. The molecule has 0 spiro atoms. The van der Waals surface area contributed by atoms with Crippen LogP contribution in [0.4, 0.5) is 0 Å². The third-order valence-electron chi connectivity index (χ3n) is 5.93. The van der Waals surface area contributed by atoms with Gasteiger partial charge in [-0.05, 0) is 50.1 Å². The van der Waals surface area contributed by atoms with Gasteiger partial charge >= 0.3 is 5.97 Å². The molecular weight excluding hydrogens is 514 g/mol. The summed E-state index contributed by atoms with van der Waals surface area (Å²) in [7, 11) is 0. The molecule has 1 N–H and O–H groups in total.